The van der Waals surface area contributed by atoms with E-state index in [1.807, 2.05) is 13.8 Å². The monoisotopic (exact) mass is 311 g/mol. The van der Waals surface area contributed by atoms with E-state index in [2.05, 4.69) is 9.97 Å². The first-order valence-corrected chi connectivity index (χ1v) is 6.41. The number of halogens is 2. The lowest BCUT2D eigenvalue weighted by molar-refractivity contribution is -0.385. The van der Waals surface area contributed by atoms with Crippen molar-refractivity contribution in [3.63, 3.8) is 0 Å². The Bertz CT molecular complexity index is 694. The first-order chi connectivity index (χ1) is 9.86. The highest BCUT2D eigenvalue weighted by Gasteiger charge is 2.18. The lowest BCUT2D eigenvalue weighted by atomic mass is 10.2. The summed E-state index contributed by atoms with van der Waals surface area (Å²) in [5.41, 5.74) is -0.364. The summed E-state index contributed by atoms with van der Waals surface area (Å²) in [5.74, 6) is -0.457. The van der Waals surface area contributed by atoms with Gasteiger partial charge in [0.1, 0.15) is 16.8 Å². The van der Waals surface area contributed by atoms with Crippen molar-refractivity contribution in [1.82, 2.24) is 9.97 Å². The van der Waals surface area contributed by atoms with Crippen molar-refractivity contribution in [3.8, 4) is 11.6 Å². The first kappa shape index (κ1) is 15.1. The number of hydrogen-bond donors (Lipinski definition) is 0. The van der Waals surface area contributed by atoms with E-state index in [0.29, 0.717) is 5.82 Å². The van der Waals surface area contributed by atoms with E-state index >= 15 is 0 Å². The lowest BCUT2D eigenvalue weighted by Crippen LogP contribution is -2.01. The van der Waals surface area contributed by atoms with Crippen LogP contribution in [-0.4, -0.2) is 14.9 Å². The summed E-state index contributed by atoms with van der Waals surface area (Å²) in [4.78, 5) is 18.4. The van der Waals surface area contributed by atoms with Gasteiger partial charge in [-0.25, -0.2) is 9.37 Å². The molecule has 1 heterocycles. The Morgan fingerprint density at radius 2 is 2.05 bits per heavy atom. The number of rotatable bonds is 4. The maximum Gasteiger partial charge on any atom is 0.311 e. The van der Waals surface area contributed by atoms with Gasteiger partial charge in [0.25, 0.3) is 0 Å². The molecule has 0 atom stereocenters. The average molecular weight is 312 g/mol. The molecule has 0 amide bonds. The molecular weight excluding hydrogens is 301 g/mol. The van der Waals surface area contributed by atoms with E-state index < -0.39 is 10.7 Å². The van der Waals surface area contributed by atoms with Crippen molar-refractivity contribution >= 4 is 17.3 Å². The molecule has 0 aliphatic heterocycles. The number of nitrogens with zero attached hydrogens (tertiary/aromatic N) is 3. The molecule has 0 fully saturated rings. The van der Waals surface area contributed by atoms with Crippen LogP contribution in [0, 0.1) is 15.9 Å². The molecule has 8 heteroatoms. The third kappa shape index (κ3) is 3.63. The van der Waals surface area contributed by atoms with Crippen LogP contribution in [-0.2, 0) is 0 Å². The molecule has 0 unspecified atom stereocenters. The summed E-state index contributed by atoms with van der Waals surface area (Å²) in [5, 5.41) is 11.1. The molecule has 0 aliphatic rings. The highest BCUT2D eigenvalue weighted by Crippen LogP contribution is 2.32. The fourth-order valence-corrected chi connectivity index (χ4v) is 1.74. The summed E-state index contributed by atoms with van der Waals surface area (Å²) in [6.07, 6.45) is 0. The van der Waals surface area contributed by atoms with Gasteiger partial charge in [0.05, 0.1) is 4.92 Å². The van der Waals surface area contributed by atoms with Crippen LogP contribution in [0.25, 0.3) is 0 Å². The van der Waals surface area contributed by atoms with Crippen molar-refractivity contribution in [2.45, 2.75) is 19.8 Å². The Morgan fingerprint density at radius 3 is 2.67 bits per heavy atom. The molecule has 2 aromatic rings. The van der Waals surface area contributed by atoms with Crippen LogP contribution in [0.1, 0.15) is 25.6 Å². The topological polar surface area (TPSA) is 78.2 Å². The standard InChI is InChI=1S/C13H11ClFN3O3/c1-7(2)13-16-11(14)6-12(17-13)21-10-5-8(15)3-4-9(10)18(19)20/h3-7H,1-2H3. The van der Waals surface area contributed by atoms with Crippen LogP contribution >= 0.6 is 11.6 Å². The van der Waals surface area contributed by atoms with Gasteiger partial charge in [0.2, 0.25) is 11.6 Å². The van der Waals surface area contributed by atoms with Crippen LogP contribution in [0.15, 0.2) is 24.3 Å². The van der Waals surface area contributed by atoms with Gasteiger partial charge < -0.3 is 4.74 Å². The molecule has 0 saturated carbocycles. The molecular formula is C13H11ClFN3O3. The zero-order chi connectivity index (χ0) is 15.6. The third-order valence-corrected chi connectivity index (χ3v) is 2.73. The van der Waals surface area contributed by atoms with Crippen LogP contribution < -0.4 is 4.74 Å². The van der Waals surface area contributed by atoms with E-state index in [1.165, 1.54) is 6.07 Å². The lowest BCUT2D eigenvalue weighted by Gasteiger charge is -2.09. The second-order valence-electron chi connectivity index (χ2n) is 4.51. The van der Waals surface area contributed by atoms with Crippen molar-refractivity contribution in [3.05, 3.63) is 51.2 Å². The number of ether oxygens (including phenoxy) is 1. The zero-order valence-corrected chi connectivity index (χ0v) is 12.0. The quantitative estimate of drug-likeness (QED) is 0.482. The van der Waals surface area contributed by atoms with E-state index in [9.17, 15) is 14.5 Å². The second kappa shape index (κ2) is 6.01. The normalized spacial score (nSPS) is 10.7. The highest BCUT2D eigenvalue weighted by atomic mass is 35.5. The maximum absolute atomic E-state index is 13.2. The fourth-order valence-electron chi connectivity index (χ4n) is 1.56. The third-order valence-electron chi connectivity index (χ3n) is 2.54. The summed E-state index contributed by atoms with van der Waals surface area (Å²) >= 11 is 5.85. The summed E-state index contributed by atoms with van der Waals surface area (Å²) < 4.78 is 18.5. The molecule has 0 N–H and O–H groups in total. The Labute approximate surface area is 124 Å². The van der Waals surface area contributed by atoms with E-state index in [0.717, 1.165) is 18.2 Å². The van der Waals surface area contributed by atoms with Crippen molar-refractivity contribution in [2.75, 3.05) is 0 Å². The molecule has 0 bridgehead atoms. The fraction of sp³-hybridized carbons (Fsp3) is 0.231. The highest BCUT2D eigenvalue weighted by molar-refractivity contribution is 6.29. The Hall–Kier alpha value is -2.28. The molecule has 6 nitrogen and oxygen atoms in total. The van der Waals surface area contributed by atoms with Gasteiger partial charge in [-0.2, -0.15) is 4.98 Å². The number of nitro groups is 1. The minimum Gasteiger partial charge on any atom is -0.432 e. The first-order valence-electron chi connectivity index (χ1n) is 6.03. The van der Waals surface area contributed by atoms with Crippen molar-refractivity contribution in [1.29, 1.82) is 0 Å². The summed E-state index contributed by atoms with van der Waals surface area (Å²) in [6.45, 7) is 3.72. The molecule has 1 aromatic heterocycles. The number of nitro benzene ring substituents is 1. The van der Waals surface area contributed by atoms with E-state index in [4.69, 9.17) is 16.3 Å². The molecule has 2 rings (SSSR count). The summed E-state index contributed by atoms with van der Waals surface area (Å²) in [6, 6.07) is 4.24. The van der Waals surface area contributed by atoms with Gasteiger partial charge in [-0.3, -0.25) is 10.1 Å². The maximum atomic E-state index is 13.2. The minimum atomic E-state index is -0.666. The van der Waals surface area contributed by atoms with E-state index in [-0.39, 0.29) is 28.4 Å². The number of hydrogen-bond acceptors (Lipinski definition) is 5. The van der Waals surface area contributed by atoms with Gasteiger partial charge >= 0.3 is 5.69 Å². The van der Waals surface area contributed by atoms with Gasteiger partial charge in [0, 0.05) is 24.1 Å². The van der Waals surface area contributed by atoms with Crippen molar-refractivity contribution < 1.29 is 14.1 Å². The molecule has 1 aromatic carbocycles. The summed E-state index contributed by atoms with van der Waals surface area (Å²) in [7, 11) is 0. The molecule has 21 heavy (non-hydrogen) atoms. The molecule has 0 spiro atoms. The number of aromatic nitrogens is 2. The largest absolute Gasteiger partial charge is 0.432 e. The molecule has 0 saturated heterocycles. The van der Waals surface area contributed by atoms with Crippen LogP contribution in [0.2, 0.25) is 5.15 Å². The smallest absolute Gasteiger partial charge is 0.311 e. The Balaban J connectivity index is 2.42. The molecule has 110 valence electrons. The number of benzene rings is 1. The van der Waals surface area contributed by atoms with E-state index in [1.54, 1.807) is 0 Å². The van der Waals surface area contributed by atoms with Crippen LogP contribution in [0.3, 0.4) is 0 Å². The van der Waals surface area contributed by atoms with Gasteiger partial charge in [-0.05, 0) is 6.07 Å². The van der Waals surface area contributed by atoms with Crippen LogP contribution in [0.5, 0.6) is 11.6 Å². The minimum absolute atomic E-state index is 0.00598. The SMILES string of the molecule is CC(C)c1nc(Cl)cc(Oc2cc(F)ccc2[N+](=O)[O-])n1. The zero-order valence-electron chi connectivity index (χ0n) is 11.2. The van der Waals surface area contributed by atoms with Gasteiger partial charge in [-0.1, -0.05) is 25.4 Å². The van der Waals surface area contributed by atoms with Crippen LogP contribution in [0.4, 0.5) is 10.1 Å². The Morgan fingerprint density at radius 1 is 1.33 bits per heavy atom. The second-order valence-corrected chi connectivity index (χ2v) is 4.90. The van der Waals surface area contributed by atoms with Gasteiger partial charge in [0.15, 0.2) is 0 Å². The van der Waals surface area contributed by atoms with Gasteiger partial charge in [-0.15, -0.1) is 0 Å². The predicted molar refractivity (Wildman–Crippen MR) is 74.3 cm³/mol. The molecule has 0 radical (unpaired) electrons. The predicted octanol–water partition coefficient (Wildman–Crippen LogP) is 4.09. The Kier molecular flexibility index (Phi) is 4.32. The molecule has 0 aliphatic carbocycles. The van der Waals surface area contributed by atoms with Crippen molar-refractivity contribution in [2.24, 2.45) is 0 Å². The average Bonchev–Trinajstić information content (AvgIpc) is 2.37.